The third kappa shape index (κ3) is 4.85. The second-order valence-corrected chi connectivity index (χ2v) is 4.85. The van der Waals surface area contributed by atoms with Crippen molar-refractivity contribution in [2.75, 3.05) is 27.2 Å². The van der Waals surface area contributed by atoms with Gasteiger partial charge in [0.2, 0.25) is 5.91 Å². The second-order valence-electron chi connectivity index (χ2n) is 3.94. The first-order valence-corrected chi connectivity index (χ1v) is 6.15. The fraction of sp³-hybridized carbons (Fsp3) is 0.417. The van der Waals surface area contributed by atoms with Crippen LogP contribution in [0, 0.1) is 0 Å². The van der Waals surface area contributed by atoms with Crippen LogP contribution in [0.5, 0.6) is 0 Å². The molecule has 0 unspecified atom stereocenters. The molecule has 0 spiro atoms. The summed E-state index contributed by atoms with van der Waals surface area (Å²) < 4.78 is 0.979. The lowest BCUT2D eigenvalue weighted by atomic mass is 10.1. The van der Waals surface area contributed by atoms with Crippen LogP contribution < -0.4 is 5.32 Å². The minimum atomic E-state index is -0.585. The number of carbonyl (C=O) groups excluding carboxylic acids is 1. The minimum Gasteiger partial charge on any atom is -0.387 e. The minimum absolute atomic E-state index is 0.0597. The lowest BCUT2D eigenvalue weighted by molar-refractivity contribution is -0.121. The van der Waals surface area contributed by atoms with Crippen LogP contribution >= 0.6 is 15.9 Å². The van der Waals surface area contributed by atoms with Gasteiger partial charge in [0.05, 0.1) is 12.6 Å². The Morgan fingerprint density at radius 3 is 2.59 bits per heavy atom. The molecular formula is C12H17BrN2O2. The first-order valence-electron chi connectivity index (χ1n) is 5.35. The van der Waals surface area contributed by atoms with Gasteiger partial charge in [-0.2, -0.15) is 0 Å². The van der Waals surface area contributed by atoms with Gasteiger partial charge in [-0.25, -0.2) is 0 Å². The van der Waals surface area contributed by atoms with Crippen molar-refractivity contribution in [1.82, 2.24) is 10.2 Å². The van der Waals surface area contributed by atoms with Crippen molar-refractivity contribution >= 4 is 21.8 Å². The van der Waals surface area contributed by atoms with Gasteiger partial charge in [-0.1, -0.05) is 28.1 Å². The van der Waals surface area contributed by atoms with Crippen molar-refractivity contribution in [3.8, 4) is 0 Å². The standard InChI is InChI=1S/C12H17BrN2O2/c1-14-12(17)8-15(2)7-11(16)9-3-5-10(13)6-4-9/h3-6,11,16H,7-8H2,1-2H3,(H,14,17)/t11-/m0/s1. The van der Waals surface area contributed by atoms with E-state index in [1.165, 1.54) is 0 Å². The molecule has 17 heavy (non-hydrogen) atoms. The van der Waals surface area contributed by atoms with Gasteiger partial charge in [-0.05, 0) is 24.7 Å². The van der Waals surface area contributed by atoms with Crippen LogP contribution in [0.3, 0.4) is 0 Å². The highest BCUT2D eigenvalue weighted by Crippen LogP contribution is 2.17. The number of benzene rings is 1. The van der Waals surface area contributed by atoms with Crippen LogP contribution in [0.25, 0.3) is 0 Å². The smallest absolute Gasteiger partial charge is 0.233 e. The zero-order valence-electron chi connectivity index (χ0n) is 9.98. The van der Waals surface area contributed by atoms with Crippen molar-refractivity contribution in [3.05, 3.63) is 34.3 Å². The van der Waals surface area contributed by atoms with E-state index in [1.807, 2.05) is 24.3 Å². The van der Waals surface area contributed by atoms with Crippen molar-refractivity contribution < 1.29 is 9.90 Å². The van der Waals surface area contributed by atoms with E-state index in [1.54, 1.807) is 19.0 Å². The van der Waals surface area contributed by atoms with Gasteiger partial charge < -0.3 is 10.4 Å². The Balaban J connectivity index is 2.51. The summed E-state index contributed by atoms with van der Waals surface area (Å²) in [6.07, 6.45) is -0.585. The molecule has 1 rings (SSSR count). The van der Waals surface area contributed by atoms with Crippen LogP contribution in [0.4, 0.5) is 0 Å². The van der Waals surface area contributed by atoms with Crippen LogP contribution in [0.1, 0.15) is 11.7 Å². The third-order valence-electron chi connectivity index (χ3n) is 2.43. The molecule has 1 aromatic rings. The monoisotopic (exact) mass is 300 g/mol. The van der Waals surface area contributed by atoms with Gasteiger partial charge in [0.25, 0.3) is 0 Å². The van der Waals surface area contributed by atoms with Crippen LogP contribution in [0.2, 0.25) is 0 Å². The Morgan fingerprint density at radius 1 is 1.47 bits per heavy atom. The predicted molar refractivity (Wildman–Crippen MR) is 70.7 cm³/mol. The zero-order chi connectivity index (χ0) is 12.8. The van der Waals surface area contributed by atoms with Gasteiger partial charge in [0.15, 0.2) is 0 Å². The largest absolute Gasteiger partial charge is 0.387 e. The molecule has 4 nitrogen and oxygen atoms in total. The maximum absolute atomic E-state index is 11.1. The first-order chi connectivity index (χ1) is 8.02. The van der Waals surface area contributed by atoms with E-state index in [0.717, 1.165) is 10.0 Å². The quantitative estimate of drug-likeness (QED) is 0.858. The number of hydrogen-bond acceptors (Lipinski definition) is 3. The molecule has 5 heteroatoms. The van der Waals surface area contributed by atoms with Crippen molar-refractivity contribution in [1.29, 1.82) is 0 Å². The van der Waals surface area contributed by atoms with E-state index in [9.17, 15) is 9.90 Å². The molecule has 2 N–H and O–H groups in total. The second kappa shape index (κ2) is 6.74. The molecule has 0 saturated heterocycles. The number of amides is 1. The number of carbonyl (C=O) groups is 1. The Morgan fingerprint density at radius 2 is 2.06 bits per heavy atom. The van der Waals surface area contributed by atoms with Crippen molar-refractivity contribution in [2.24, 2.45) is 0 Å². The summed E-state index contributed by atoms with van der Waals surface area (Å²) in [6.45, 7) is 0.707. The molecule has 1 amide bonds. The summed E-state index contributed by atoms with van der Waals surface area (Å²) in [4.78, 5) is 12.9. The lowest BCUT2D eigenvalue weighted by Gasteiger charge is -2.19. The number of likely N-dealkylation sites (N-methyl/N-ethyl adjacent to an activating group) is 2. The maximum atomic E-state index is 11.1. The zero-order valence-corrected chi connectivity index (χ0v) is 11.6. The third-order valence-corrected chi connectivity index (χ3v) is 2.96. The number of hydrogen-bond donors (Lipinski definition) is 2. The van der Waals surface area contributed by atoms with Gasteiger partial charge in [0, 0.05) is 18.1 Å². The van der Waals surface area contributed by atoms with Crippen LogP contribution in [-0.4, -0.2) is 43.1 Å². The Bertz CT molecular complexity index is 367. The fourth-order valence-electron chi connectivity index (χ4n) is 1.47. The normalized spacial score (nSPS) is 12.5. The van der Waals surface area contributed by atoms with E-state index in [2.05, 4.69) is 21.2 Å². The first kappa shape index (κ1) is 14.2. The Kier molecular flexibility index (Phi) is 5.61. The van der Waals surface area contributed by atoms with E-state index >= 15 is 0 Å². The van der Waals surface area contributed by atoms with Gasteiger partial charge in [0.1, 0.15) is 0 Å². The molecule has 0 fully saturated rings. The molecule has 0 saturated carbocycles. The van der Waals surface area contributed by atoms with Gasteiger partial charge >= 0.3 is 0 Å². The molecule has 1 atom stereocenters. The average Bonchev–Trinajstić information content (AvgIpc) is 2.29. The average molecular weight is 301 g/mol. The van der Waals surface area contributed by atoms with E-state index in [-0.39, 0.29) is 12.5 Å². The van der Waals surface area contributed by atoms with Crippen molar-refractivity contribution in [3.63, 3.8) is 0 Å². The van der Waals surface area contributed by atoms with Crippen molar-refractivity contribution in [2.45, 2.75) is 6.10 Å². The molecule has 1 aromatic carbocycles. The number of aliphatic hydroxyl groups excluding tert-OH is 1. The molecule has 0 aliphatic rings. The summed E-state index contributed by atoms with van der Waals surface area (Å²) in [5.41, 5.74) is 0.844. The SMILES string of the molecule is CNC(=O)CN(C)C[C@H](O)c1ccc(Br)cc1. The molecule has 0 aromatic heterocycles. The number of rotatable bonds is 5. The summed E-state index contributed by atoms with van der Waals surface area (Å²) >= 11 is 3.34. The fourth-order valence-corrected chi connectivity index (χ4v) is 1.74. The maximum Gasteiger partial charge on any atom is 0.233 e. The highest BCUT2D eigenvalue weighted by atomic mass is 79.9. The molecule has 0 heterocycles. The highest BCUT2D eigenvalue weighted by Gasteiger charge is 2.12. The van der Waals surface area contributed by atoms with Crippen LogP contribution in [-0.2, 0) is 4.79 Å². The number of halogens is 1. The molecule has 94 valence electrons. The topological polar surface area (TPSA) is 52.6 Å². The Hall–Kier alpha value is -0.910. The van der Waals surface area contributed by atoms with Crippen LogP contribution in [0.15, 0.2) is 28.7 Å². The number of nitrogens with zero attached hydrogens (tertiary/aromatic N) is 1. The highest BCUT2D eigenvalue weighted by molar-refractivity contribution is 9.10. The number of nitrogens with one attached hydrogen (secondary N) is 1. The Labute approximate surface area is 110 Å². The summed E-state index contributed by atoms with van der Waals surface area (Å²) in [7, 11) is 3.40. The number of aliphatic hydroxyl groups is 1. The molecular weight excluding hydrogens is 284 g/mol. The summed E-state index contributed by atoms with van der Waals surface area (Å²) in [6, 6.07) is 7.50. The molecule has 0 bridgehead atoms. The van der Waals surface area contributed by atoms with E-state index in [0.29, 0.717) is 6.54 Å². The van der Waals surface area contributed by atoms with Gasteiger partial charge in [-0.15, -0.1) is 0 Å². The molecule has 0 radical (unpaired) electrons. The van der Waals surface area contributed by atoms with Gasteiger partial charge in [-0.3, -0.25) is 9.69 Å². The summed E-state index contributed by atoms with van der Waals surface area (Å²) in [5.74, 6) is -0.0597. The molecule has 0 aliphatic carbocycles. The summed E-state index contributed by atoms with van der Waals surface area (Å²) in [5, 5.41) is 12.5. The predicted octanol–water partition coefficient (Wildman–Crippen LogP) is 1.16. The van der Waals surface area contributed by atoms with E-state index < -0.39 is 6.10 Å². The van der Waals surface area contributed by atoms with E-state index in [4.69, 9.17) is 0 Å². The lowest BCUT2D eigenvalue weighted by Crippen LogP contribution is -2.35. The molecule has 0 aliphatic heterocycles.